The molecule has 1 saturated heterocycles. The molecule has 166 valence electrons. The number of ether oxygens (including phenoxy) is 1. The average molecular weight is 424 g/mol. The van der Waals surface area contributed by atoms with Crippen LogP contribution in [0.25, 0.3) is 0 Å². The van der Waals surface area contributed by atoms with Crippen LogP contribution in [0.1, 0.15) is 18.4 Å². The average Bonchev–Trinajstić information content (AvgIpc) is 2.81. The Kier molecular flexibility index (Phi) is 8.15. The van der Waals surface area contributed by atoms with Gasteiger partial charge in [-0.3, -0.25) is 4.79 Å². The molecule has 2 aromatic rings. The van der Waals surface area contributed by atoms with Crippen molar-refractivity contribution in [3.05, 3.63) is 60.2 Å². The molecule has 31 heavy (non-hydrogen) atoms. The second-order valence-corrected chi connectivity index (χ2v) is 7.92. The van der Waals surface area contributed by atoms with Crippen molar-refractivity contribution in [2.75, 3.05) is 45.7 Å². The number of likely N-dealkylation sites (N-methyl/N-ethyl adjacent to an activating group) is 1. The monoisotopic (exact) mass is 423 g/mol. The summed E-state index contributed by atoms with van der Waals surface area (Å²) in [5.41, 5.74) is 2.29. The zero-order chi connectivity index (χ0) is 22.1. The number of benzene rings is 2. The molecular formula is C24H33N5O2. The highest BCUT2D eigenvalue weighted by atomic mass is 16.5. The Morgan fingerprint density at radius 1 is 1.19 bits per heavy atom. The lowest BCUT2D eigenvalue weighted by Crippen LogP contribution is -2.52. The molecular weight excluding hydrogens is 390 g/mol. The van der Waals surface area contributed by atoms with Gasteiger partial charge >= 0.3 is 0 Å². The van der Waals surface area contributed by atoms with Crippen molar-refractivity contribution < 1.29 is 9.53 Å². The topological polar surface area (TPSA) is 69.2 Å². The van der Waals surface area contributed by atoms with Gasteiger partial charge in [0.15, 0.2) is 5.96 Å². The van der Waals surface area contributed by atoms with Crippen LogP contribution in [0.4, 0.5) is 5.69 Å². The maximum absolute atomic E-state index is 12.1. The molecule has 0 aromatic heterocycles. The predicted octanol–water partition coefficient (Wildman–Crippen LogP) is 2.49. The van der Waals surface area contributed by atoms with Crippen molar-refractivity contribution in [3.63, 3.8) is 0 Å². The van der Waals surface area contributed by atoms with Crippen LogP contribution in [-0.4, -0.2) is 63.6 Å². The van der Waals surface area contributed by atoms with Crippen LogP contribution in [-0.2, 0) is 11.3 Å². The van der Waals surface area contributed by atoms with E-state index in [-0.39, 0.29) is 18.5 Å². The molecule has 1 unspecified atom stereocenters. The van der Waals surface area contributed by atoms with Gasteiger partial charge in [-0.1, -0.05) is 36.4 Å². The molecule has 1 fully saturated rings. The third-order valence-corrected chi connectivity index (χ3v) is 5.35. The van der Waals surface area contributed by atoms with E-state index < -0.39 is 0 Å². The summed E-state index contributed by atoms with van der Waals surface area (Å²) in [4.78, 5) is 20.7. The lowest BCUT2D eigenvalue weighted by atomic mass is 10.0. The maximum atomic E-state index is 12.1. The van der Waals surface area contributed by atoms with Crippen molar-refractivity contribution in [2.45, 2.75) is 25.4 Å². The first kappa shape index (κ1) is 22.5. The van der Waals surface area contributed by atoms with Crippen molar-refractivity contribution in [1.29, 1.82) is 0 Å². The molecule has 3 rings (SSSR count). The van der Waals surface area contributed by atoms with E-state index in [1.54, 1.807) is 26.1 Å². The second kappa shape index (κ2) is 11.2. The molecule has 7 nitrogen and oxygen atoms in total. The minimum absolute atomic E-state index is 0.0101. The predicted molar refractivity (Wildman–Crippen MR) is 126 cm³/mol. The fourth-order valence-corrected chi connectivity index (χ4v) is 3.55. The fraction of sp³-hybridized carbons (Fsp3) is 0.417. The van der Waals surface area contributed by atoms with E-state index in [4.69, 9.17) is 9.73 Å². The first-order valence-corrected chi connectivity index (χ1v) is 10.7. The summed E-state index contributed by atoms with van der Waals surface area (Å²) in [6.07, 6.45) is 2.13. The zero-order valence-corrected chi connectivity index (χ0v) is 18.7. The standard InChI is InChI=1S/C24H33N5O2/c1-28(2)23(30)17-26-24(25-16-19-9-5-4-6-10-19)27-20-11-8-14-29(18-20)21-12-7-13-22(15-21)31-3/h4-7,9-10,12-13,15,20H,8,11,14,16-18H2,1-3H3,(H2,25,26,27). The molecule has 0 aliphatic carbocycles. The van der Waals surface area contributed by atoms with Crippen LogP contribution < -0.4 is 20.3 Å². The molecule has 1 atom stereocenters. The summed E-state index contributed by atoms with van der Waals surface area (Å²) < 4.78 is 5.38. The Balaban J connectivity index is 1.67. The van der Waals surface area contributed by atoms with Gasteiger partial charge in [-0.15, -0.1) is 0 Å². The first-order chi connectivity index (χ1) is 15.0. The number of nitrogens with one attached hydrogen (secondary N) is 2. The van der Waals surface area contributed by atoms with E-state index in [0.29, 0.717) is 12.5 Å². The molecule has 2 aromatic carbocycles. The molecule has 1 amide bonds. The van der Waals surface area contributed by atoms with Crippen molar-refractivity contribution in [2.24, 2.45) is 4.99 Å². The third kappa shape index (κ3) is 6.91. The van der Waals surface area contributed by atoms with Gasteiger partial charge in [0.05, 0.1) is 20.2 Å². The van der Waals surface area contributed by atoms with Gasteiger partial charge in [0, 0.05) is 45.0 Å². The number of piperidine rings is 1. The summed E-state index contributed by atoms with van der Waals surface area (Å²) in [6, 6.07) is 18.5. The quantitative estimate of drug-likeness (QED) is 0.529. The van der Waals surface area contributed by atoms with E-state index >= 15 is 0 Å². The minimum atomic E-state index is 0.0101. The molecule has 0 spiro atoms. The van der Waals surface area contributed by atoms with Gasteiger partial charge in [-0.25, -0.2) is 4.99 Å². The number of hydrogen-bond donors (Lipinski definition) is 2. The van der Waals surface area contributed by atoms with Gasteiger partial charge < -0.3 is 25.2 Å². The smallest absolute Gasteiger partial charge is 0.241 e. The summed E-state index contributed by atoms with van der Waals surface area (Å²) >= 11 is 0. The number of rotatable bonds is 7. The number of anilines is 1. The Hall–Kier alpha value is -3.22. The molecule has 7 heteroatoms. The van der Waals surface area contributed by atoms with Gasteiger partial charge in [0.1, 0.15) is 5.75 Å². The Morgan fingerprint density at radius 3 is 2.74 bits per heavy atom. The minimum Gasteiger partial charge on any atom is -0.497 e. The van der Waals surface area contributed by atoms with Gasteiger partial charge in [0.25, 0.3) is 0 Å². The lowest BCUT2D eigenvalue weighted by Gasteiger charge is -2.35. The number of aliphatic imine (C=N–C) groups is 1. The summed E-state index contributed by atoms with van der Waals surface area (Å²) in [7, 11) is 5.20. The van der Waals surface area contributed by atoms with E-state index in [2.05, 4.69) is 39.8 Å². The van der Waals surface area contributed by atoms with Gasteiger partial charge in [-0.05, 0) is 30.5 Å². The van der Waals surface area contributed by atoms with Gasteiger partial charge in [0.2, 0.25) is 5.91 Å². The number of nitrogens with zero attached hydrogens (tertiary/aromatic N) is 3. The van der Waals surface area contributed by atoms with Crippen LogP contribution in [0.3, 0.4) is 0 Å². The van der Waals surface area contributed by atoms with E-state index in [0.717, 1.165) is 42.9 Å². The maximum Gasteiger partial charge on any atom is 0.241 e. The third-order valence-electron chi connectivity index (χ3n) is 5.35. The van der Waals surface area contributed by atoms with Crippen molar-refractivity contribution in [1.82, 2.24) is 15.5 Å². The van der Waals surface area contributed by atoms with Crippen LogP contribution in [0.15, 0.2) is 59.6 Å². The van der Waals surface area contributed by atoms with Crippen molar-refractivity contribution in [3.8, 4) is 5.75 Å². The normalized spacial score (nSPS) is 16.5. The van der Waals surface area contributed by atoms with Crippen LogP contribution in [0.5, 0.6) is 5.75 Å². The highest BCUT2D eigenvalue weighted by molar-refractivity contribution is 5.86. The molecule has 0 radical (unpaired) electrons. The molecule has 2 N–H and O–H groups in total. The van der Waals surface area contributed by atoms with Gasteiger partial charge in [-0.2, -0.15) is 0 Å². The van der Waals surface area contributed by atoms with Crippen LogP contribution in [0.2, 0.25) is 0 Å². The van der Waals surface area contributed by atoms with E-state index in [9.17, 15) is 4.79 Å². The summed E-state index contributed by atoms with van der Waals surface area (Å²) in [5, 5.41) is 6.74. The summed E-state index contributed by atoms with van der Waals surface area (Å²) in [6.45, 7) is 2.63. The Morgan fingerprint density at radius 2 is 2.00 bits per heavy atom. The van der Waals surface area contributed by atoms with Crippen molar-refractivity contribution >= 4 is 17.6 Å². The second-order valence-electron chi connectivity index (χ2n) is 7.92. The number of carbonyl (C=O) groups excluding carboxylic acids is 1. The zero-order valence-electron chi connectivity index (χ0n) is 18.7. The largest absolute Gasteiger partial charge is 0.497 e. The Labute approximate surface area is 185 Å². The fourth-order valence-electron chi connectivity index (χ4n) is 3.55. The van der Waals surface area contributed by atoms with Crippen LogP contribution in [0, 0.1) is 0 Å². The number of hydrogen-bond acceptors (Lipinski definition) is 4. The summed E-state index contributed by atoms with van der Waals surface area (Å²) in [5.74, 6) is 1.54. The Bertz CT molecular complexity index is 869. The molecule has 1 aliphatic rings. The molecule has 0 bridgehead atoms. The lowest BCUT2D eigenvalue weighted by molar-refractivity contribution is -0.127. The number of carbonyl (C=O) groups is 1. The SMILES string of the molecule is COc1cccc(N2CCCC(NC(=NCc3ccccc3)NCC(=O)N(C)C)C2)c1. The number of amides is 1. The van der Waals surface area contributed by atoms with E-state index in [1.807, 2.05) is 30.3 Å². The number of methoxy groups -OCH3 is 1. The molecule has 1 aliphatic heterocycles. The highest BCUT2D eigenvalue weighted by Gasteiger charge is 2.21. The molecule has 0 saturated carbocycles. The van der Waals surface area contributed by atoms with Crippen LogP contribution >= 0.6 is 0 Å². The highest BCUT2D eigenvalue weighted by Crippen LogP contribution is 2.24. The number of guanidine groups is 1. The molecule has 1 heterocycles. The van der Waals surface area contributed by atoms with E-state index in [1.165, 1.54) is 0 Å². The first-order valence-electron chi connectivity index (χ1n) is 10.7.